The molecule has 0 aromatic heterocycles. The van der Waals surface area contributed by atoms with Crippen LogP contribution >= 0.6 is 0 Å². The average Bonchev–Trinajstić information content (AvgIpc) is 2.01. The van der Waals surface area contributed by atoms with Crippen LogP contribution in [0.1, 0.15) is 0 Å². The van der Waals surface area contributed by atoms with Crippen LogP contribution in [0.2, 0.25) is 0 Å². The molecule has 0 spiro atoms. The van der Waals surface area contributed by atoms with E-state index in [0.29, 0.717) is 19.6 Å². The van der Waals surface area contributed by atoms with Gasteiger partial charge in [-0.1, -0.05) is 0 Å². The number of sulfonamides is 1. The molecule has 0 bridgehead atoms. The number of methoxy groups -OCH3 is 1. The number of aliphatic hydroxyl groups excluding tert-OH is 1. The molecule has 0 aromatic carbocycles. The fraction of sp³-hybridized carbons (Fsp3) is 1.00. The second kappa shape index (κ2) is 7.13. The van der Waals surface area contributed by atoms with Gasteiger partial charge in [0.2, 0.25) is 10.0 Å². The smallest absolute Gasteiger partial charge is 0.208 e. The summed E-state index contributed by atoms with van der Waals surface area (Å²) in [6.07, 6.45) is 0.575. The molecule has 92 valence electrons. The molecule has 0 aliphatic carbocycles. The molecule has 1 unspecified atom stereocenters. The van der Waals surface area contributed by atoms with Crippen LogP contribution in [0, 0.1) is 0 Å². The summed E-state index contributed by atoms with van der Waals surface area (Å²) in [6, 6.07) is 0. The minimum absolute atomic E-state index is 0.282. The average molecular weight is 240 g/mol. The number of likely N-dealkylation sites (N-methyl/N-ethyl adjacent to an activating group) is 1. The summed E-state index contributed by atoms with van der Waals surface area (Å²) >= 11 is 0. The highest BCUT2D eigenvalue weighted by Gasteiger charge is 2.08. The fourth-order valence-electron chi connectivity index (χ4n) is 1.12. The maximum Gasteiger partial charge on any atom is 0.208 e. The van der Waals surface area contributed by atoms with Gasteiger partial charge in [0, 0.05) is 26.7 Å². The zero-order chi connectivity index (χ0) is 11.9. The van der Waals surface area contributed by atoms with Crippen molar-refractivity contribution in [2.24, 2.45) is 0 Å². The summed E-state index contributed by atoms with van der Waals surface area (Å²) in [6.45, 7) is 1.63. The topological polar surface area (TPSA) is 78.9 Å². The Morgan fingerprint density at radius 3 is 2.60 bits per heavy atom. The Morgan fingerprint density at radius 2 is 2.13 bits per heavy atom. The lowest BCUT2D eigenvalue weighted by Gasteiger charge is -2.19. The first kappa shape index (κ1) is 14.8. The highest BCUT2D eigenvalue weighted by molar-refractivity contribution is 7.88. The maximum atomic E-state index is 10.7. The lowest BCUT2D eigenvalue weighted by atomic mass is 10.3. The van der Waals surface area contributed by atoms with Crippen LogP contribution in [0.4, 0.5) is 0 Å². The van der Waals surface area contributed by atoms with Crippen molar-refractivity contribution in [2.75, 3.05) is 46.7 Å². The third kappa shape index (κ3) is 10.1. The first-order chi connectivity index (χ1) is 6.85. The van der Waals surface area contributed by atoms with Gasteiger partial charge in [-0.25, -0.2) is 13.1 Å². The molecular formula is C8H20N2O4S. The Balaban J connectivity index is 3.61. The molecule has 7 heteroatoms. The highest BCUT2D eigenvalue weighted by Crippen LogP contribution is 1.89. The van der Waals surface area contributed by atoms with Crippen molar-refractivity contribution in [3.63, 3.8) is 0 Å². The Hall–Kier alpha value is -0.210. The van der Waals surface area contributed by atoms with Crippen LogP contribution in [0.25, 0.3) is 0 Å². The largest absolute Gasteiger partial charge is 0.389 e. The van der Waals surface area contributed by atoms with Crippen LogP contribution in [0.3, 0.4) is 0 Å². The third-order valence-corrected chi connectivity index (χ3v) is 2.47. The van der Waals surface area contributed by atoms with E-state index < -0.39 is 16.1 Å². The Morgan fingerprint density at radius 1 is 1.53 bits per heavy atom. The van der Waals surface area contributed by atoms with Crippen molar-refractivity contribution in [3.05, 3.63) is 0 Å². The van der Waals surface area contributed by atoms with Gasteiger partial charge in [-0.3, -0.25) is 0 Å². The summed E-state index contributed by atoms with van der Waals surface area (Å²) in [7, 11) is 0.208. The second-order valence-electron chi connectivity index (χ2n) is 3.54. The maximum absolute atomic E-state index is 10.7. The molecule has 0 fully saturated rings. The molecule has 0 saturated carbocycles. The van der Waals surface area contributed by atoms with E-state index in [4.69, 9.17) is 4.74 Å². The number of hydrogen-bond acceptors (Lipinski definition) is 5. The second-order valence-corrected chi connectivity index (χ2v) is 5.37. The summed E-state index contributed by atoms with van der Waals surface area (Å²) in [5, 5.41) is 9.37. The zero-order valence-electron chi connectivity index (χ0n) is 9.43. The van der Waals surface area contributed by atoms with Gasteiger partial charge >= 0.3 is 0 Å². The summed E-state index contributed by atoms with van der Waals surface area (Å²) < 4.78 is 28.6. The number of nitrogens with one attached hydrogen (secondary N) is 1. The van der Waals surface area contributed by atoms with Crippen molar-refractivity contribution in [1.82, 2.24) is 9.62 Å². The van der Waals surface area contributed by atoms with Crippen molar-refractivity contribution in [1.29, 1.82) is 0 Å². The Kier molecular flexibility index (Phi) is 7.03. The predicted octanol–water partition coefficient (Wildman–Crippen LogP) is -1.53. The van der Waals surface area contributed by atoms with E-state index in [2.05, 4.69) is 4.72 Å². The number of hydrogen-bond donors (Lipinski definition) is 2. The van der Waals surface area contributed by atoms with Crippen LogP contribution in [-0.4, -0.2) is 71.2 Å². The molecule has 15 heavy (non-hydrogen) atoms. The van der Waals surface area contributed by atoms with Crippen molar-refractivity contribution < 1.29 is 18.3 Å². The van der Waals surface area contributed by atoms with E-state index in [-0.39, 0.29) is 6.61 Å². The summed E-state index contributed by atoms with van der Waals surface area (Å²) in [4.78, 5) is 1.84. The van der Waals surface area contributed by atoms with Gasteiger partial charge in [0.25, 0.3) is 0 Å². The van der Waals surface area contributed by atoms with E-state index in [9.17, 15) is 13.5 Å². The molecule has 0 heterocycles. The number of rotatable bonds is 8. The molecular weight excluding hydrogens is 220 g/mol. The van der Waals surface area contributed by atoms with Gasteiger partial charge in [-0.05, 0) is 7.05 Å². The minimum atomic E-state index is -3.12. The van der Waals surface area contributed by atoms with Crippen molar-refractivity contribution in [2.45, 2.75) is 6.10 Å². The molecule has 2 N–H and O–H groups in total. The van der Waals surface area contributed by atoms with Crippen LogP contribution in [0.15, 0.2) is 0 Å². The van der Waals surface area contributed by atoms with E-state index in [1.807, 2.05) is 11.9 Å². The summed E-state index contributed by atoms with van der Waals surface area (Å²) in [5.74, 6) is 0. The van der Waals surface area contributed by atoms with Crippen LogP contribution in [-0.2, 0) is 14.8 Å². The quantitative estimate of drug-likeness (QED) is 0.538. The number of ether oxygens (including phenoxy) is 1. The first-order valence-corrected chi connectivity index (χ1v) is 6.54. The monoisotopic (exact) mass is 240 g/mol. The molecule has 0 amide bonds. The normalized spacial score (nSPS) is 14.5. The third-order valence-electron chi connectivity index (χ3n) is 1.74. The van der Waals surface area contributed by atoms with E-state index >= 15 is 0 Å². The molecule has 0 aliphatic rings. The lowest BCUT2D eigenvalue weighted by molar-refractivity contribution is 0.0437. The van der Waals surface area contributed by atoms with Gasteiger partial charge in [-0.2, -0.15) is 0 Å². The first-order valence-electron chi connectivity index (χ1n) is 4.65. The molecule has 1 atom stereocenters. The van der Waals surface area contributed by atoms with Gasteiger partial charge in [-0.15, -0.1) is 0 Å². The standard InChI is InChI=1S/C8H20N2O4S/c1-10(6-8(11)7-14-2)5-4-9-15(3,12)13/h8-9,11H,4-7H2,1-3H3. The van der Waals surface area contributed by atoms with Gasteiger partial charge in [0.05, 0.1) is 19.0 Å². The molecule has 6 nitrogen and oxygen atoms in total. The van der Waals surface area contributed by atoms with E-state index in [1.165, 1.54) is 7.11 Å². The van der Waals surface area contributed by atoms with E-state index in [1.54, 1.807) is 0 Å². The molecule has 0 aliphatic heterocycles. The molecule has 0 aromatic rings. The molecule has 0 radical (unpaired) electrons. The predicted molar refractivity (Wildman–Crippen MR) is 58.2 cm³/mol. The molecule has 0 saturated heterocycles. The van der Waals surface area contributed by atoms with Crippen molar-refractivity contribution >= 4 is 10.0 Å². The molecule has 0 rings (SSSR count). The lowest BCUT2D eigenvalue weighted by Crippen LogP contribution is -2.37. The van der Waals surface area contributed by atoms with Crippen LogP contribution < -0.4 is 4.72 Å². The Bertz CT molecular complexity index is 255. The van der Waals surface area contributed by atoms with Crippen molar-refractivity contribution in [3.8, 4) is 0 Å². The minimum Gasteiger partial charge on any atom is -0.389 e. The van der Waals surface area contributed by atoms with Gasteiger partial charge < -0.3 is 14.7 Å². The fourth-order valence-corrected chi connectivity index (χ4v) is 1.58. The van der Waals surface area contributed by atoms with E-state index in [0.717, 1.165) is 6.26 Å². The van der Waals surface area contributed by atoms with Crippen LogP contribution in [0.5, 0.6) is 0 Å². The number of aliphatic hydroxyl groups is 1. The van der Waals surface area contributed by atoms with Gasteiger partial charge in [0.1, 0.15) is 0 Å². The van der Waals surface area contributed by atoms with Gasteiger partial charge in [0.15, 0.2) is 0 Å². The highest BCUT2D eigenvalue weighted by atomic mass is 32.2. The summed E-state index contributed by atoms with van der Waals surface area (Å²) in [5.41, 5.74) is 0. The SMILES string of the molecule is COCC(O)CN(C)CCNS(C)(=O)=O. The number of nitrogens with zero attached hydrogens (tertiary/aromatic N) is 1. The Labute approximate surface area is 91.3 Å². The zero-order valence-corrected chi connectivity index (χ0v) is 10.2.